The van der Waals surface area contributed by atoms with Crippen LogP contribution in [0.15, 0.2) is 71.5 Å². The van der Waals surface area contributed by atoms with Crippen LogP contribution in [-0.2, 0) is 6.42 Å². The highest BCUT2D eigenvalue weighted by Crippen LogP contribution is 2.24. The summed E-state index contributed by atoms with van der Waals surface area (Å²) >= 11 is 5.93. The Labute approximate surface area is 161 Å². The molecule has 27 heavy (non-hydrogen) atoms. The van der Waals surface area contributed by atoms with E-state index >= 15 is 0 Å². The Morgan fingerprint density at radius 3 is 2.22 bits per heavy atom. The van der Waals surface area contributed by atoms with E-state index < -0.39 is 5.82 Å². The van der Waals surface area contributed by atoms with Gasteiger partial charge in [-0.2, -0.15) is 0 Å². The van der Waals surface area contributed by atoms with Gasteiger partial charge in [-0.05, 0) is 54.3 Å². The lowest BCUT2D eigenvalue weighted by Gasteiger charge is -2.10. The van der Waals surface area contributed by atoms with E-state index in [1.54, 1.807) is 19.1 Å². The first-order valence-corrected chi connectivity index (χ1v) is 9.05. The summed E-state index contributed by atoms with van der Waals surface area (Å²) in [6.45, 7) is 1.72. The van der Waals surface area contributed by atoms with Crippen LogP contribution in [0.3, 0.4) is 0 Å². The molecular weight excluding hydrogens is 361 g/mol. The molecule has 0 aliphatic rings. The van der Waals surface area contributed by atoms with Gasteiger partial charge < -0.3 is 4.98 Å². The third-order valence-corrected chi connectivity index (χ3v) is 5.03. The number of rotatable bonds is 3. The van der Waals surface area contributed by atoms with Crippen LogP contribution in [-0.4, -0.2) is 4.98 Å². The van der Waals surface area contributed by atoms with E-state index in [9.17, 15) is 9.18 Å². The summed E-state index contributed by atoms with van der Waals surface area (Å²) in [6.07, 6.45) is 0.801. The lowest BCUT2D eigenvalue weighted by Crippen LogP contribution is -2.11. The standard InChI is InChI=1S/C23H17ClFNO/c1-14-22(26-20-4-2-3-19(25)21(20)23(14)27)17-9-5-15(6-10-17)13-16-7-11-18(24)12-8-16/h2-12H,13H2,1H3,(H,26,27). The fourth-order valence-corrected chi connectivity index (χ4v) is 3.43. The molecule has 0 spiro atoms. The van der Waals surface area contributed by atoms with Crippen molar-refractivity contribution in [2.24, 2.45) is 0 Å². The maximum Gasteiger partial charge on any atom is 0.195 e. The summed E-state index contributed by atoms with van der Waals surface area (Å²) in [4.78, 5) is 15.8. The Morgan fingerprint density at radius 2 is 1.56 bits per heavy atom. The van der Waals surface area contributed by atoms with Crippen molar-refractivity contribution in [3.8, 4) is 11.3 Å². The normalized spacial score (nSPS) is 11.1. The molecule has 0 aliphatic carbocycles. The smallest absolute Gasteiger partial charge is 0.195 e. The second-order valence-electron chi connectivity index (χ2n) is 6.62. The first-order chi connectivity index (χ1) is 13.0. The monoisotopic (exact) mass is 377 g/mol. The van der Waals surface area contributed by atoms with Crippen LogP contribution in [0.5, 0.6) is 0 Å². The second kappa shape index (κ2) is 7.01. The molecule has 0 atom stereocenters. The number of pyridine rings is 1. The first kappa shape index (κ1) is 17.5. The Morgan fingerprint density at radius 1 is 0.926 bits per heavy atom. The minimum atomic E-state index is -0.498. The molecule has 0 saturated heterocycles. The number of halogens is 2. The van der Waals surface area contributed by atoms with Gasteiger partial charge in [0.25, 0.3) is 0 Å². The van der Waals surface area contributed by atoms with E-state index in [1.165, 1.54) is 11.6 Å². The number of nitrogens with one attached hydrogen (secondary N) is 1. The quantitative estimate of drug-likeness (QED) is 0.474. The van der Waals surface area contributed by atoms with Gasteiger partial charge in [-0.15, -0.1) is 0 Å². The summed E-state index contributed by atoms with van der Waals surface area (Å²) in [5.41, 5.74) is 4.70. The van der Waals surface area contributed by atoms with E-state index in [0.717, 1.165) is 28.3 Å². The topological polar surface area (TPSA) is 32.9 Å². The number of aromatic amines is 1. The molecule has 0 amide bonds. The third kappa shape index (κ3) is 3.38. The molecule has 0 saturated carbocycles. The van der Waals surface area contributed by atoms with Gasteiger partial charge in [-0.3, -0.25) is 4.79 Å². The summed E-state index contributed by atoms with van der Waals surface area (Å²) in [6, 6.07) is 20.5. The van der Waals surface area contributed by atoms with E-state index in [2.05, 4.69) is 4.98 Å². The van der Waals surface area contributed by atoms with Crippen LogP contribution in [0.2, 0.25) is 5.02 Å². The van der Waals surface area contributed by atoms with Gasteiger partial charge in [0.1, 0.15) is 5.82 Å². The van der Waals surface area contributed by atoms with Crippen molar-refractivity contribution in [1.82, 2.24) is 4.98 Å². The fourth-order valence-electron chi connectivity index (χ4n) is 3.30. The molecule has 0 radical (unpaired) electrons. The predicted molar refractivity (Wildman–Crippen MR) is 109 cm³/mol. The largest absolute Gasteiger partial charge is 0.354 e. The van der Waals surface area contributed by atoms with Gasteiger partial charge in [0.15, 0.2) is 5.43 Å². The number of H-pyrrole nitrogens is 1. The van der Waals surface area contributed by atoms with E-state index in [1.807, 2.05) is 48.5 Å². The maximum atomic E-state index is 14.0. The average Bonchev–Trinajstić information content (AvgIpc) is 2.67. The van der Waals surface area contributed by atoms with Crippen LogP contribution in [0.25, 0.3) is 22.2 Å². The SMILES string of the molecule is Cc1c(-c2ccc(Cc3ccc(Cl)cc3)cc2)[nH]c2cccc(F)c2c1=O. The number of hydrogen-bond acceptors (Lipinski definition) is 1. The van der Waals surface area contributed by atoms with Gasteiger partial charge in [0.05, 0.1) is 16.6 Å². The molecule has 0 fully saturated rings. The Hall–Kier alpha value is -2.91. The van der Waals surface area contributed by atoms with Gasteiger partial charge in [0.2, 0.25) is 0 Å². The Bertz CT molecular complexity index is 1180. The van der Waals surface area contributed by atoms with Crippen LogP contribution in [0, 0.1) is 12.7 Å². The zero-order valence-electron chi connectivity index (χ0n) is 14.7. The molecule has 134 valence electrons. The maximum absolute atomic E-state index is 14.0. The first-order valence-electron chi connectivity index (χ1n) is 8.68. The number of benzene rings is 3. The van der Waals surface area contributed by atoms with Crippen molar-refractivity contribution < 1.29 is 4.39 Å². The highest BCUT2D eigenvalue weighted by molar-refractivity contribution is 6.30. The number of aromatic nitrogens is 1. The highest BCUT2D eigenvalue weighted by atomic mass is 35.5. The molecule has 0 bridgehead atoms. The zero-order chi connectivity index (χ0) is 19.0. The van der Waals surface area contributed by atoms with Gasteiger partial charge in [-0.1, -0.05) is 54.1 Å². The van der Waals surface area contributed by atoms with Crippen molar-refractivity contribution >= 4 is 22.5 Å². The molecule has 0 unspecified atom stereocenters. The molecule has 1 N–H and O–H groups in total. The number of fused-ring (bicyclic) bond motifs is 1. The minimum absolute atomic E-state index is 0.109. The third-order valence-electron chi connectivity index (χ3n) is 4.78. The van der Waals surface area contributed by atoms with E-state index in [0.29, 0.717) is 11.1 Å². The van der Waals surface area contributed by atoms with Crippen molar-refractivity contribution in [2.75, 3.05) is 0 Å². The molecule has 3 aromatic carbocycles. The van der Waals surface area contributed by atoms with E-state index in [4.69, 9.17) is 11.6 Å². The molecule has 4 aromatic rings. The summed E-state index contributed by atoms with van der Waals surface area (Å²) in [5.74, 6) is -0.498. The summed E-state index contributed by atoms with van der Waals surface area (Å²) in [7, 11) is 0. The van der Waals surface area contributed by atoms with Gasteiger partial charge in [0, 0.05) is 10.6 Å². The van der Waals surface area contributed by atoms with Crippen molar-refractivity contribution in [2.45, 2.75) is 13.3 Å². The molecule has 1 aromatic heterocycles. The van der Waals surface area contributed by atoms with Crippen LogP contribution < -0.4 is 5.43 Å². The zero-order valence-corrected chi connectivity index (χ0v) is 15.5. The molecule has 4 heteroatoms. The minimum Gasteiger partial charge on any atom is -0.354 e. The van der Waals surface area contributed by atoms with Crippen molar-refractivity contribution in [1.29, 1.82) is 0 Å². The van der Waals surface area contributed by atoms with E-state index in [-0.39, 0.29) is 10.8 Å². The lowest BCUT2D eigenvalue weighted by molar-refractivity contribution is 0.639. The van der Waals surface area contributed by atoms with Crippen LogP contribution in [0.1, 0.15) is 16.7 Å². The molecule has 2 nitrogen and oxygen atoms in total. The lowest BCUT2D eigenvalue weighted by atomic mass is 10.00. The van der Waals surface area contributed by atoms with Gasteiger partial charge >= 0.3 is 0 Å². The van der Waals surface area contributed by atoms with Crippen LogP contribution >= 0.6 is 11.6 Å². The summed E-state index contributed by atoms with van der Waals surface area (Å²) < 4.78 is 14.0. The Kier molecular flexibility index (Phi) is 4.54. The van der Waals surface area contributed by atoms with Gasteiger partial charge in [-0.25, -0.2) is 4.39 Å². The fraction of sp³-hybridized carbons (Fsp3) is 0.0870. The number of hydrogen-bond donors (Lipinski definition) is 1. The molecule has 0 aliphatic heterocycles. The van der Waals surface area contributed by atoms with Crippen molar-refractivity contribution in [3.05, 3.63) is 104 Å². The summed E-state index contributed by atoms with van der Waals surface area (Å²) in [5, 5.41) is 0.833. The van der Waals surface area contributed by atoms with Crippen LogP contribution in [0.4, 0.5) is 4.39 Å². The second-order valence-corrected chi connectivity index (χ2v) is 7.05. The van der Waals surface area contributed by atoms with Crippen molar-refractivity contribution in [3.63, 3.8) is 0 Å². The average molecular weight is 378 g/mol. The highest BCUT2D eigenvalue weighted by Gasteiger charge is 2.13. The Balaban J connectivity index is 1.71. The predicted octanol–water partition coefficient (Wildman–Crippen LogP) is 5.89. The molecule has 1 heterocycles. The molecule has 4 rings (SSSR count). The molecular formula is C23H17ClFNO.